The number of carbonyl (C=O) groups is 1. The highest BCUT2D eigenvalue weighted by molar-refractivity contribution is 5.88. The minimum atomic E-state index is -0.698. The quantitative estimate of drug-likeness (QED) is 0.690. The molecule has 1 aromatic heterocycles. The second-order valence-electron chi connectivity index (χ2n) is 8.45. The standard InChI is InChI=1S/C24H26N2O3/c1-26-14-24(23(27)28-2,15-29-17-7-4-3-5-8-17)12-19-18-9-6-10-20-22(18)16(13-25-20)11-21(19)26/h3-10,13,19,21,25H,11-12,14-15H2,1-2H3/t19?,21-,24-/m1/s1. The van der Waals surface area contributed by atoms with Crippen molar-refractivity contribution in [2.24, 2.45) is 5.41 Å². The van der Waals surface area contributed by atoms with Crippen LogP contribution in [0.1, 0.15) is 23.5 Å². The number of hydrogen-bond acceptors (Lipinski definition) is 4. The molecule has 1 unspecified atom stereocenters. The zero-order chi connectivity index (χ0) is 20.0. The number of nitrogens with zero attached hydrogens (tertiary/aromatic N) is 1. The van der Waals surface area contributed by atoms with Gasteiger partial charge in [0.2, 0.25) is 0 Å². The number of esters is 1. The van der Waals surface area contributed by atoms with Crippen molar-refractivity contribution in [3.63, 3.8) is 0 Å². The Bertz CT molecular complexity index is 1040. The third-order valence-corrected chi connectivity index (χ3v) is 6.72. The molecule has 3 atom stereocenters. The first kappa shape index (κ1) is 18.3. The molecule has 5 rings (SSSR count). The smallest absolute Gasteiger partial charge is 0.316 e. The molecular formula is C24H26N2O3. The van der Waals surface area contributed by atoms with Crippen molar-refractivity contribution >= 4 is 16.9 Å². The van der Waals surface area contributed by atoms with Crippen molar-refractivity contribution in [1.82, 2.24) is 9.88 Å². The van der Waals surface area contributed by atoms with Crippen molar-refractivity contribution in [2.45, 2.75) is 24.8 Å². The highest BCUT2D eigenvalue weighted by atomic mass is 16.5. The zero-order valence-corrected chi connectivity index (χ0v) is 16.9. The lowest BCUT2D eigenvalue weighted by atomic mass is 9.66. The predicted octanol–water partition coefficient (Wildman–Crippen LogP) is 3.75. The summed E-state index contributed by atoms with van der Waals surface area (Å²) < 4.78 is 11.4. The van der Waals surface area contributed by atoms with E-state index in [1.807, 2.05) is 30.3 Å². The van der Waals surface area contributed by atoms with Gasteiger partial charge in [-0.15, -0.1) is 0 Å². The minimum Gasteiger partial charge on any atom is -0.492 e. The van der Waals surface area contributed by atoms with Gasteiger partial charge in [-0.05, 0) is 49.2 Å². The molecule has 2 heterocycles. The molecule has 3 aromatic rings. The molecule has 1 saturated heterocycles. The Morgan fingerprint density at radius 3 is 2.83 bits per heavy atom. The topological polar surface area (TPSA) is 54.6 Å². The number of aromatic nitrogens is 1. The lowest BCUT2D eigenvalue weighted by molar-refractivity contribution is -0.160. The average Bonchev–Trinajstić information content (AvgIpc) is 3.17. The maximum absolute atomic E-state index is 13.0. The van der Waals surface area contributed by atoms with Gasteiger partial charge in [0.15, 0.2) is 0 Å². The molecule has 0 radical (unpaired) electrons. The highest BCUT2D eigenvalue weighted by Gasteiger charge is 2.51. The first-order valence-electron chi connectivity index (χ1n) is 10.2. The Morgan fingerprint density at radius 1 is 1.21 bits per heavy atom. The molecule has 1 fully saturated rings. The maximum Gasteiger partial charge on any atom is 0.316 e. The summed E-state index contributed by atoms with van der Waals surface area (Å²) in [7, 11) is 3.60. The van der Waals surface area contributed by atoms with Gasteiger partial charge in [0, 0.05) is 35.6 Å². The van der Waals surface area contributed by atoms with Gasteiger partial charge in [-0.25, -0.2) is 0 Å². The van der Waals surface area contributed by atoms with E-state index in [1.54, 1.807) is 0 Å². The number of nitrogens with one attached hydrogen (secondary N) is 1. The Morgan fingerprint density at radius 2 is 2.03 bits per heavy atom. The van der Waals surface area contributed by atoms with E-state index in [0.29, 0.717) is 19.2 Å². The summed E-state index contributed by atoms with van der Waals surface area (Å²) >= 11 is 0. The van der Waals surface area contributed by atoms with Crippen molar-refractivity contribution < 1.29 is 14.3 Å². The van der Waals surface area contributed by atoms with Gasteiger partial charge < -0.3 is 19.4 Å². The normalized spacial score (nSPS) is 26.1. The largest absolute Gasteiger partial charge is 0.492 e. The fraction of sp³-hybridized carbons (Fsp3) is 0.375. The molecule has 0 bridgehead atoms. The molecule has 1 aliphatic heterocycles. The number of fused-ring (bicyclic) bond motifs is 2. The van der Waals surface area contributed by atoms with Gasteiger partial charge in [0.05, 0.1) is 7.11 Å². The van der Waals surface area contributed by atoms with Crippen LogP contribution in [0.2, 0.25) is 0 Å². The molecule has 0 amide bonds. The van der Waals surface area contributed by atoms with E-state index in [0.717, 1.165) is 18.6 Å². The number of hydrogen-bond donors (Lipinski definition) is 1. The minimum absolute atomic E-state index is 0.189. The summed E-state index contributed by atoms with van der Waals surface area (Å²) in [6.07, 6.45) is 3.86. The number of likely N-dealkylation sites (tertiary alicyclic amines) is 1. The van der Waals surface area contributed by atoms with Crippen molar-refractivity contribution in [1.29, 1.82) is 0 Å². The predicted molar refractivity (Wildman–Crippen MR) is 112 cm³/mol. The van der Waals surface area contributed by atoms with Crippen LogP contribution in [0.25, 0.3) is 10.9 Å². The van der Waals surface area contributed by atoms with Crippen LogP contribution >= 0.6 is 0 Å². The van der Waals surface area contributed by atoms with Gasteiger partial charge in [0.1, 0.15) is 17.8 Å². The summed E-state index contributed by atoms with van der Waals surface area (Å²) in [4.78, 5) is 18.8. The second-order valence-corrected chi connectivity index (χ2v) is 8.45. The fourth-order valence-corrected chi connectivity index (χ4v) is 5.39. The SMILES string of the molecule is COC(=O)[C@]1(COc2ccccc2)CC2c3cccc4[nH]cc(c34)C[C@H]2N(C)C1. The number of H-pyrrole nitrogens is 1. The number of carbonyl (C=O) groups excluding carboxylic acids is 1. The summed E-state index contributed by atoms with van der Waals surface area (Å²) in [5, 5.41) is 1.33. The van der Waals surface area contributed by atoms with E-state index < -0.39 is 5.41 Å². The summed E-state index contributed by atoms with van der Waals surface area (Å²) in [5.74, 6) is 0.851. The lowest BCUT2D eigenvalue weighted by Gasteiger charge is -2.49. The van der Waals surface area contributed by atoms with Crippen LogP contribution in [0.15, 0.2) is 54.7 Å². The van der Waals surface area contributed by atoms with Gasteiger partial charge in [-0.2, -0.15) is 0 Å². The molecule has 5 heteroatoms. The number of ether oxygens (including phenoxy) is 2. The van der Waals surface area contributed by atoms with Gasteiger partial charge in [-0.1, -0.05) is 30.3 Å². The summed E-state index contributed by atoms with van der Waals surface area (Å²) in [6.45, 7) is 0.941. The van der Waals surface area contributed by atoms with Gasteiger partial charge in [0.25, 0.3) is 0 Å². The van der Waals surface area contributed by atoms with Crippen molar-refractivity contribution in [3.8, 4) is 5.75 Å². The van der Waals surface area contributed by atoms with E-state index >= 15 is 0 Å². The molecule has 0 spiro atoms. The third-order valence-electron chi connectivity index (χ3n) is 6.72. The molecular weight excluding hydrogens is 364 g/mol. The Hall–Kier alpha value is -2.79. The number of para-hydroxylation sites is 1. The van der Waals surface area contributed by atoms with Crippen LogP contribution < -0.4 is 4.74 Å². The molecule has 0 saturated carbocycles. The average molecular weight is 390 g/mol. The first-order chi connectivity index (χ1) is 14.1. The monoisotopic (exact) mass is 390 g/mol. The van der Waals surface area contributed by atoms with E-state index in [4.69, 9.17) is 9.47 Å². The number of rotatable bonds is 4. The first-order valence-corrected chi connectivity index (χ1v) is 10.2. The molecule has 5 nitrogen and oxygen atoms in total. The zero-order valence-electron chi connectivity index (χ0n) is 16.9. The number of methoxy groups -OCH3 is 1. The molecule has 1 aliphatic carbocycles. The second kappa shape index (κ2) is 6.92. The van der Waals surface area contributed by atoms with Gasteiger partial charge >= 0.3 is 5.97 Å². The van der Waals surface area contributed by atoms with E-state index in [1.165, 1.54) is 29.1 Å². The Labute approximate surface area is 170 Å². The number of likely N-dealkylation sites (N-methyl/N-ethyl adjacent to an activating group) is 1. The lowest BCUT2D eigenvalue weighted by Crippen LogP contribution is -2.57. The maximum atomic E-state index is 13.0. The molecule has 150 valence electrons. The van der Waals surface area contributed by atoms with Gasteiger partial charge in [-0.3, -0.25) is 4.79 Å². The highest BCUT2D eigenvalue weighted by Crippen LogP contribution is 2.48. The van der Waals surface area contributed by atoms with Crippen LogP contribution in [0.4, 0.5) is 0 Å². The summed E-state index contributed by atoms with van der Waals surface area (Å²) in [6, 6.07) is 16.5. The summed E-state index contributed by atoms with van der Waals surface area (Å²) in [5.41, 5.74) is 3.17. The van der Waals surface area contributed by atoms with Crippen LogP contribution in [0, 0.1) is 5.41 Å². The number of piperidine rings is 1. The number of aromatic amines is 1. The van der Waals surface area contributed by atoms with Crippen LogP contribution in [-0.2, 0) is 16.0 Å². The van der Waals surface area contributed by atoms with Crippen LogP contribution in [0.3, 0.4) is 0 Å². The third kappa shape index (κ3) is 2.92. The van der Waals surface area contributed by atoms with Crippen LogP contribution in [-0.4, -0.2) is 49.2 Å². The Kier molecular flexibility index (Phi) is 4.36. The van der Waals surface area contributed by atoms with E-state index in [2.05, 4.69) is 41.3 Å². The van der Waals surface area contributed by atoms with Crippen molar-refractivity contribution in [3.05, 3.63) is 65.9 Å². The number of benzene rings is 2. The van der Waals surface area contributed by atoms with E-state index in [9.17, 15) is 4.79 Å². The van der Waals surface area contributed by atoms with Crippen molar-refractivity contribution in [2.75, 3.05) is 27.3 Å². The fourth-order valence-electron chi connectivity index (χ4n) is 5.39. The molecule has 2 aliphatic rings. The molecule has 29 heavy (non-hydrogen) atoms. The van der Waals surface area contributed by atoms with E-state index in [-0.39, 0.29) is 11.9 Å². The molecule has 2 aromatic carbocycles. The molecule has 1 N–H and O–H groups in total. The Balaban J connectivity index is 1.52. The van der Waals surface area contributed by atoms with Crippen LogP contribution in [0.5, 0.6) is 5.75 Å².